The van der Waals surface area contributed by atoms with E-state index in [4.69, 9.17) is 15.5 Å². The minimum Gasteiger partial charge on any atom is -0.494 e. The molecular formula is C38H47BrFN10O2P. The second-order valence-corrected chi connectivity index (χ2v) is 18.9. The molecule has 1 aliphatic carbocycles. The van der Waals surface area contributed by atoms with Crippen LogP contribution in [-0.2, 0) is 4.57 Å². The van der Waals surface area contributed by atoms with Gasteiger partial charge in [0.05, 0.1) is 33.8 Å². The van der Waals surface area contributed by atoms with Gasteiger partial charge in [-0.25, -0.2) is 9.37 Å². The number of piperidine rings is 2. The van der Waals surface area contributed by atoms with Crippen LogP contribution in [0.15, 0.2) is 58.5 Å². The largest absolute Gasteiger partial charge is 0.494 e. The summed E-state index contributed by atoms with van der Waals surface area (Å²) in [7, 11) is 0.583. The number of hydrogen-bond acceptors (Lipinski definition) is 12. The molecule has 4 heterocycles. The fourth-order valence-electron chi connectivity index (χ4n) is 7.70. The molecular weight excluding hydrogens is 758 g/mol. The number of aliphatic imine (C=N–C) groups is 1. The molecule has 2 aromatic carbocycles. The molecule has 0 atom stereocenters. The Morgan fingerprint density at radius 2 is 1.75 bits per heavy atom. The first-order chi connectivity index (χ1) is 25.4. The fourth-order valence-corrected chi connectivity index (χ4v) is 9.39. The van der Waals surface area contributed by atoms with Gasteiger partial charge >= 0.3 is 0 Å². The molecule has 7 rings (SSSR count). The maximum atomic E-state index is 14.5. The first kappa shape index (κ1) is 37.2. The van der Waals surface area contributed by atoms with Crippen LogP contribution in [-0.4, -0.2) is 96.9 Å². The first-order valence-corrected chi connectivity index (χ1v) is 21.4. The fraction of sp³-hybridized carbons (Fsp3) is 0.447. The number of alkyl halides is 1. The predicted molar refractivity (Wildman–Crippen MR) is 217 cm³/mol. The summed E-state index contributed by atoms with van der Waals surface area (Å²) in [6, 6.07) is 7.74. The summed E-state index contributed by atoms with van der Waals surface area (Å²) in [5.41, 5.74) is 10.8. The molecule has 53 heavy (non-hydrogen) atoms. The maximum absolute atomic E-state index is 14.5. The van der Waals surface area contributed by atoms with E-state index in [1.165, 1.54) is 0 Å². The lowest BCUT2D eigenvalue weighted by atomic mass is 9.71. The molecule has 280 valence electrons. The highest BCUT2D eigenvalue weighted by Gasteiger charge is 2.46. The van der Waals surface area contributed by atoms with Crippen molar-refractivity contribution in [2.24, 2.45) is 16.1 Å². The maximum Gasteiger partial charge on any atom is 0.229 e. The molecule has 3 aliphatic rings. The van der Waals surface area contributed by atoms with Gasteiger partial charge in [-0.2, -0.15) is 4.98 Å². The van der Waals surface area contributed by atoms with E-state index in [0.717, 1.165) is 68.7 Å². The van der Waals surface area contributed by atoms with Gasteiger partial charge in [-0.15, -0.1) is 0 Å². The van der Waals surface area contributed by atoms with Crippen molar-refractivity contribution in [3.63, 3.8) is 0 Å². The summed E-state index contributed by atoms with van der Waals surface area (Å²) in [5, 5.41) is 7.33. The van der Waals surface area contributed by atoms with E-state index in [-0.39, 0.29) is 0 Å². The molecule has 1 spiro atoms. The second kappa shape index (κ2) is 14.9. The Kier molecular flexibility index (Phi) is 10.5. The third-order valence-corrected chi connectivity index (χ3v) is 13.0. The van der Waals surface area contributed by atoms with Crippen LogP contribution in [0.4, 0.5) is 33.2 Å². The lowest BCUT2D eigenvalue weighted by Gasteiger charge is -2.48. The summed E-state index contributed by atoms with van der Waals surface area (Å²) >= 11 is 3.58. The third kappa shape index (κ3) is 8.05. The highest BCUT2D eigenvalue weighted by Crippen LogP contribution is 2.47. The molecule has 0 bridgehead atoms. The van der Waals surface area contributed by atoms with Crippen LogP contribution >= 0.6 is 23.1 Å². The molecule has 2 aromatic heterocycles. The third-order valence-electron chi connectivity index (χ3n) is 10.9. The van der Waals surface area contributed by atoms with Crippen molar-refractivity contribution in [1.82, 2.24) is 24.8 Å². The quantitative estimate of drug-likeness (QED) is 0.105. The van der Waals surface area contributed by atoms with Crippen molar-refractivity contribution in [2.75, 3.05) is 75.7 Å². The first-order valence-electron chi connectivity index (χ1n) is 18.0. The van der Waals surface area contributed by atoms with Gasteiger partial charge < -0.3 is 35.5 Å². The number of likely N-dealkylation sites (tertiary alicyclic amines) is 1. The molecule has 2 saturated heterocycles. The van der Waals surface area contributed by atoms with Crippen molar-refractivity contribution < 1.29 is 13.7 Å². The zero-order chi connectivity index (χ0) is 37.4. The summed E-state index contributed by atoms with van der Waals surface area (Å²) in [5.74, 6) is 1.42. The summed E-state index contributed by atoms with van der Waals surface area (Å²) in [6.45, 7) is 7.77. The van der Waals surface area contributed by atoms with Crippen LogP contribution in [0, 0.1) is 5.41 Å². The lowest BCUT2D eigenvalue weighted by Crippen LogP contribution is -2.48. The van der Waals surface area contributed by atoms with E-state index in [0.29, 0.717) is 74.5 Å². The van der Waals surface area contributed by atoms with E-state index in [1.807, 2.05) is 24.3 Å². The molecule has 2 aliphatic heterocycles. The number of allylic oxidation sites excluding steroid dienone is 1. The molecule has 0 unspecified atom stereocenters. The summed E-state index contributed by atoms with van der Waals surface area (Å²) < 4.78 is 34.5. The van der Waals surface area contributed by atoms with E-state index in [9.17, 15) is 8.96 Å². The van der Waals surface area contributed by atoms with Crippen LogP contribution in [0.1, 0.15) is 44.1 Å². The van der Waals surface area contributed by atoms with Crippen molar-refractivity contribution in [3.05, 3.63) is 59.1 Å². The Morgan fingerprint density at radius 1 is 1.04 bits per heavy atom. The van der Waals surface area contributed by atoms with Crippen molar-refractivity contribution >= 4 is 80.0 Å². The molecule has 0 radical (unpaired) electrons. The number of aromatic nitrogens is 4. The average Bonchev–Trinajstić information content (AvgIpc) is 3.88. The monoisotopic (exact) mass is 804 g/mol. The normalized spacial score (nSPS) is 18.8. The number of nitrogens with zero attached hydrogens (tertiary/aromatic N) is 7. The molecule has 15 heteroatoms. The smallest absolute Gasteiger partial charge is 0.229 e. The van der Waals surface area contributed by atoms with Crippen LogP contribution < -0.4 is 31.3 Å². The van der Waals surface area contributed by atoms with Crippen LogP contribution in [0.3, 0.4) is 0 Å². The van der Waals surface area contributed by atoms with Gasteiger partial charge in [0.1, 0.15) is 29.9 Å². The highest BCUT2D eigenvalue weighted by molar-refractivity contribution is 9.10. The van der Waals surface area contributed by atoms with Gasteiger partial charge in [0.15, 0.2) is 0 Å². The van der Waals surface area contributed by atoms with Crippen molar-refractivity contribution in [1.29, 1.82) is 0 Å². The number of anilines is 5. The Morgan fingerprint density at radius 3 is 2.42 bits per heavy atom. The Labute approximate surface area is 318 Å². The molecule has 4 aromatic rings. The lowest BCUT2D eigenvalue weighted by molar-refractivity contribution is 0.0606. The van der Waals surface area contributed by atoms with Crippen LogP contribution in [0.25, 0.3) is 16.6 Å². The number of ether oxygens (including phenoxy) is 1. The van der Waals surface area contributed by atoms with E-state index in [2.05, 4.69) is 56.3 Å². The van der Waals surface area contributed by atoms with Gasteiger partial charge in [0.2, 0.25) is 5.95 Å². The molecule has 3 fully saturated rings. The van der Waals surface area contributed by atoms with Gasteiger partial charge in [0, 0.05) is 80.6 Å². The van der Waals surface area contributed by atoms with Gasteiger partial charge in [-0.05, 0) is 104 Å². The standard InChI is InChI=1S/C38H47BrFN10O2P/c1-42-22-25(21-41)26-19-30(32(52-2)20-31(26)50-17-11-37(12-18-50)9-15-49(16-10-37)24-38(40)7-8-38)47-36-45-23-27(39)35(48-36)46-29-6-5-28-33(44-14-13-43-28)34(29)53(3,4)51/h5-6,13-14,19-23H,7-12,15-18,24,41H2,1-4H3,(H2,45,46,47,48). The van der Waals surface area contributed by atoms with Crippen LogP contribution in [0.2, 0.25) is 0 Å². The van der Waals surface area contributed by atoms with Crippen LogP contribution in [0.5, 0.6) is 5.75 Å². The van der Waals surface area contributed by atoms with Gasteiger partial charge in [-0.3, -0.25) is 15.0 Å². The number of rotatable bonds is 11. The molecule has 12 nitrogen and oxygen atoms in total. The average molecular weight is 806 g/mol. The van der Waals surface area contributed by atoms with Crippen molar-refractivity contribution in [3.8, 4) is 5.75 Å². The SMILES string of the molecule is CN=CC(=CN)c1cc(Nc2ncc(Br)c(Nc3ccc4nccnc4c3P(C)(C)=O)n2)c(OC)cc1N1CCC2(CCN(CC3(F)CC3)CC2)CC1. The Bertz CT molecular complexity index is 2100. The highest BCUT2D eigenvalue weighted by atomic mass is 79.9. The molecule has 4 N–H and O–H groups in total. The second-order valence-electron chi connectivity index (χ2n) is 14.9. The molecule has 0 amide bonds. The van der Waals surface area contributed by atoms with Crippen molar-refractivity contribution in [2.45, 2.75) is 44.2 Å². The van der Waals surface area contributed by atoms with E-state index >= 15 is 0 Å². The number of nitrogens with one attached hydrogen (secondary N) is 2. The predicted octanol–water partition coefficient (Wildman–Crippen LogP) is 7.11. The minimum atomic E-state index is -2.79. The zero-order valence-corrected chi connectivity index (χ0v) is 33.2. The topological polar surface area (TPSA) is 147 Å². The van der Waals surface area contributed by atoms with E-state index in [1.54, 1.807) is 58.5 Å². The number of benzene rings is 2. The number of hydrogen-bond donors (Lipinski definition) is 3. The van der Waals surface area contributed by atoms with E-state index < -0.39 is 12.8 Å². The number of fused-ring (bicyclic) bond motifs is 1. The number of halogens is 2. The summed E-state index contributed by atoms with van der Waals surface area (Å²) in [4.78, 5) is 27.3. The van der Waals surface area contributed by atoms with Gasteiger partial charge in [0.25, 0.3) is 0 Å². The number of nitrogens with two attached hydrogens (primary N) is 1. The zero-order valence-electron chi connectivity index (χ0n) is 30.7. The Hall–Kier alpha value is -4.13. The Balaban J connectivity index is 1.15. The number of methoxy groups -OCH3 is 1. The molecule has 1 saturated carbocycles. The minimum absolute atomic E-state index is 0.292. The van der Waals surface area contributed by atoms with Gasteiger partial charge in [-0.1, -0.05) is 0 Å². The summed E-state index contributed by atoms with van der Waals surface area (Å²) in [6.07, 6.45) is 14.0.